The van der Waals surface area contributed by atoms with E-state index in [0.717, 1.165) is 0 Å². The van der Waals surface area contributed by atoms with Crippen molar-refractivity contribution in [3.8, 4) is 5.75 Å². The summed E-state index contributed by atoms with van der Waals surface area (Å²) in [4.78, 5) is 10.8. The molecule has 0 aliphatic carbocycles. The number of carbonyl (C=O) groups is 1. The molecule has 0 spiro atoms. The van der Waals surface area contributed by atoms with Crippen molar-refractivity contribution in [2.45, 2.75) is 17.8 Å². The molecule has 2 rings (SSSR count). The average Bonchev–Trinajstić information content (AvgIpc) is 2.76. The number of hydrogen-bond acceptors (Lipinski definition) is 4. The van der Waals surface area contributed by atoms with Crippen LogP contribution in [0.25, 0.3) is 0 Å². The van der Waals surface area contributed by atoms with Crippen molar-refractivity contribution in [2.24, 2.45) is 0 Å². The number of rotatable bonds is 3. The molecular weight excluding hydrogens is 283 g/mol. The Kier molecular flexibility index (Phi) is 3.91. The molecule has 0 radical (unpaired) electrons. The second-order valence-electron chi connectivity index (χ2n) is 3.86. The van der Waals surface area contributed by atoms with Gasteiger partial charge in [-0.1, -0.05) is 18.2 Å². The Morgan fingerprint density at radius 3 is 2.68 bits per heavy atom. The molecule has 0 aromatic heterocycles. The highest BCUT2D eigenvalue weighted by Crippen LogP contribution is 2.39. The summed E-state index contributed by atoms with van der Waals surface area (Å²) in [5.41, 5.74) is 0.286. The molecule has 0 bridgehead atoms. The molecule has 1 unspecified atom stereocenters. The van der Waals surface area contributed by atoms with E-state index in [4.69, 9.17) is 5.11 Å². The lowest BCUT2D eigenvalue weighted by Gasteiger charge is -2.17. The van der Waals surface area contributed by atoms with Crippen LogP contribution in [-0.2, 0) is 4.79 Å². The molecule has 1 aliphatic heterocycles. The molecule has 2 N–H and O–H groups in total. The van der Waals surface area contributed by atoms with Gasteiger partial charge in [0.25, 0.3) is 0 Å². The fourth-order valence-electron chi connectivity index (χ4n) is 1.71. The van der Waals surface area contributed by atoms with Crippen molar-refractivity contribution in [2.75, 3.05) is 5.75 Å². The Morgan fingerprint density at radius 2 is 2.11 bits per heavy atom. The van der Waals surface area contributed by atoms with Gasteiger partial charge in [0.2, 0.25) is 0 Å². The van der Waals surface area contributed by atoms with E-state index in [1.807, 2.05) is 0 Å². The molecule has 1 aromatic carbocycles. The van der Waals surface area contributed by atoms with Crippen LogP contribution < -0.4 is 10.1 Å². The van der Waals surface area contributed by atoms with Crippen molar-refractivity contribution in [1.29, 1.82) is 0 Å². The van der Waals surface area contributed by atoms with E-state index >= 15 is 0 Å². The first kappa shape index (κ1) is 14.0. The first-order chi connectivity index (χ1) is 8.87. The fourth-order valence-corrected chi connectivity index (χ4v) is 2.97. The van der Waals surface area contributed by atoms with E-state index in [1.54, 1.807) is 6.07 Å². The summed E-state index contributed by atoms with van der Waals surface area (Å²) in [6.45, 7) is 0. The molecule has 1 saturated heterocycles. The van der Waals surface area contributed by atoms with Crippen LogP contribution in [0.5, 0.6) is 5.75 Å². The minimum atomic E-state index is -4.77. The number of ether oxygens (including phenoxy) is 1. The van der Waals surface area contributed by atoms with Crippen LogP contribution >= 0.6 is 11.8 Å². The van der Waals surface area contributed by atoms with Gasteiger partial charge in [0.15, 0.2) is 0 Å². The third-order valence-corrected chi connectivity index (χ3v) is 3.76. The Hall–Kier alpha value is -1.41. The second-order valence-corrected chi connectivity index (χ2v) is 4.99. The Labute approximate surface area is 110 Å². The molecule has 1 aromatic rings. The second kappa shape index (κ2) is 5.30. The molecule has 4 nitrogen and oxygen atoms in total. The summed E-state index contributed by atoms with van der Waals surface area (Å²) in [5.74, 6) is -1.05. The maximum atomic E-state index is 12.3. The normalized spacial score (nSPS) is 23.3. The van der Waals surface area contributed by atoms with Crippen LogP contribution in [0, 0.1) is 0 Å². The summed E-state index contributed by atoms with van der Waals surface area (Å²) in [6, 6.07) is 4.93. The van der Waals surface area contributed by atoms with E-state index in [1.165, 1.54) is 30.0 Å². The number of alkyl halides is 3. The number of hydrogen-bond donors (Lipinski definition) is 2. The van der Waals surface area contributed by atoms with Gasteiger partial charge in [0.1, 0.15) is 11.8 Å². The quantitative estimate of drug-likeness (QED) is 0.896. The van der Waals surface area contributed by atoms with Gasteiger partial charge in [-0.15, -0.1) is 24.9 Å². The Morgan fingerprint density at radius 1 is 1.42 bits per heavy atom. The Bertz CT molecular complexity index is 480. The van der Waals surface area contributed by atoms with Crippen molar-refractivity contribution in [1.82, 2.24) is 5.32 Å². The lowest BCUT2D eigenvalue weighted by molar-refractivity contribution is -0.274. The van der Waals surface area contributed by atoms with Gasteiger partial charge in [-0.25, -0.2) is 0 Å². The maximum absolute atomic E-state index is 12.3. The lowest BCUT2D eigenvalue weighted by atomic mass is 10.2. The lowest BCUT2D eigenvalue weighted by Crippen LogP contribution is -2.33. The van der Waals surface area contributed by atoms with Gasteiger partial charge in [-0.3, -0.25) is 10.1 Å². The summed E-state index contributed by atoms with van der Waals surface area (Å²) in [5, 5.41) is 11.1. The van der Waals surface area contributed by atoms with Gasteiger partial charge in [0, 0.05) is 11.3 Å². The molecule has 1 heterocycles. The summed E-state index contributed by atoms with van der Waals surface area (Å²) in [7, 11) is 0. The van der Waals surface area contributed by atoms with Crippen molar-refractivity contribution in [3.63, 3.8) is 0 Å². The van der Waals surface area contributed by atoms with Gasteiger partial charge in [0.05, 0.1) is 5.37 Å². The van der Waals surface area contributed by atoms with E-state index in [9.17, 15) is 18.0 Å². The molecule has 2 atom stereocenters. The van der Waals surface area contributed by atoms with Crippen molar-refractivity contribution in [3.05, 3.63) is 29.8 Å². The van der Waals surface area contributed by atoms with Gasteiger partial charge >= 0.3 is 12.3 Å². The predicted octanol–water partition coefficient (Wildman–Crippen LogP) is 2.37. The molecule has 8 heteroatoms. The molecule has 104 valence electrons. The predicted molar refractivity (Wildman–Crippen MR) is 62.9 cm³/mol. The van der Waals surface area contributed by atoms with Crippen LogP contribution in [0.4, 0.5) is 13.2 Å². The van der Waals surface area contributed by atoms with Crippen LogP contribution in [0.2, 0.25) is 0 Å². The number of benzene rings is 1. The van der Waals surface area contributed by atoms with Crippen LogP contribution in [0.3, 0.4) is 0 Å². The minimum Gasteiger partial charge on any atom is -0.480 e. The zero-order valence-corrected chi connectivity index (χ0v) is 10.3. The number of carboxylic acid groups (broad SMARTS) is 1. The Balaban J connectivity index is 2.19. The van der Waals surface area contributed by atoms with Gasteiger partial charge in [-0.2, -0.15) is 0 Å². The molecule has 19 heavy (non-hydrogen) atoms. The van der Waals surface area contributed by atoms with Crippen LogP contribution in [0.15, 0.2) is 24.3 Å². The van der Waals surface area contributed by atoms with Crippen molar-refractivity contribution >= 4 is 17.7 Å². The number of carboxylic acids is 1. The summed E-state index contributed by atoms with van der Waals surface area (Å²) >= 11 is 1.23. The zero-order valence-electron chi connectivity index (χ0n) is 9.48. The largest absolute Gasteiger partial charge is 0.573 e. The highest BCUT2D eigenvalue weighted by molar-refractivity contribution is 7.99. The number of thioether (sulfide) groups is 1. The smallest absolute Gasteiger partial charge is 0.480 e. The van der Waals surface area contributed by atoms with Gasteiger partial charge in [-0.05, 0) is 6.07 Å². The summed E-state index contributed by atoms with van der Waals surface area (Å²) in [6.07, 6.45) is -4.77. The number of aliphatic carboxylic acids is 1. The molecule has 0 amide bonds. The van der Waals surface area contributed by atoms with E-state index in [0.29, 0.717) is 5.75 Å². The summed E-state index contributed by atoms with van der Waals surface area (Å²) < 4.78 is 40.7. The number of halogens is 3. The highest BCUT2D eigenvalue weighted by atomic mass is 32.2. The van der Waals surface area contributed by atoms with E-state index in [-0.39, 0.29) is 11.3 Å². The molecule has 1 aliphatic rings. The first-order valence-electron chi connectivity index (χ1n) is 5.32. The van der Waals surface area contributed by atoms with Gasteiger partial charge < -0.3 is 9.84 Å². The topological polar surface area (TPSA) is 58.6 Å². The molecular formula is C11H10F3NO3S. The standard InChI is InChI=1S/C11H10F3NO3S/c12-11(13,14)18-8-4-2-1-3-6(8)9-15-7(5-19-9)10(16)17/h1-4,7,9,15H,5H2,(H,16,17)/t7-,9?/m1/s1. The fraction of sp³-hybridized carbons (Fsp3) is 0.364. The van der Waals surface area contributed by atoms with E-state index < -0.39 is 23.7 Å². The SMILES string of the molecule is O=C(O)[C@H]1CSC(c2ccccc2OC(F)(F)F)N1. The number of para-hydroxylation sites is 1. The maximum Gasteiger partial charge on any atom is 0.573 e. The monoisotopic (exact) mass is 293 g/mol. The third kappa shape index (κ3) is 3.54. The van der Waals surface area contributed by atoms with Crippen LogP contribution in [-0.4, -0.2) is 29.2 Å². The molecule has 1 fully saturated rings. The van der Waals surface area contributed by atoms with Crippen molar-refractivity contribution < 1.29 is 27.8 Å². The highest BCUT2D eigenvalue weighted by Gasteiger charge is 2.35. The molecule has 0 saturated carbocycles. The van der Waals surface area contributed by atoms with Crippen LogP contribution in [0.1, 0.15) is 10.9 Å². The average molecular weight is 293 g/mol. The zero-order chi connectivity index (χ0) is 14.0. The van der Waals surface area contributed by atoms with E-state index in [2.05, 4.69) is 10.1 Å². The minimum absolute atomic E-state index is 0.286. The number of nitrogens with one attached hydrogen (secondary N) is 1. The first-order valence-corrected chi connectivity index (χ1v) is 6.37. The third-order valence-electron chi connectivity index (χ3n) is 2.51.